The van der Waals surface area contributed by atoms with Crippen LogP contribution in [-0.2, 0) is 11.3 Å². The van der Waals surface area contributed by atoms with E-state index in [0.29, 0.717) is 0 Å². The van der Waals surface area contributed by atoms with E-state index in [9.17, 15) is 0 Å². The van der Waals surface area contributed by atoms with Crippen LogP contribution in [0.2, 0.25) is 0 Å². The second-order valence-electron chi connectivity index (χ2n) is 7.00. The quantitative estimate of drug-likeness (QED) is 0.840. The Labute approximate surface area is 149 Å². The summed E-state index contributed by atoms with van der Waals surface area (Å²) in [5.74, 6) is 0. The zero-order chi connectivity index (χ0) is 17.2. The van der Waals surface area contributed by atoms with Crippen molar-refractivity contribution >= 4 is 11.4 Å². The van der Waals surface area contributed by atoms with E-state index in [1.807, 2.05) is 6.20 Å². The number of aromatic nitrogens is 1. The van der Waals surface area contributed by atoms with Gasteiger partial charge in [-0.25, -0.2) is 0 Å². The van der Waals surface area contributed by atoms with Gasteiger partial charge in [-0.05, 0) is 25.2 Å². The molecule has 1 fully saturated rings. The van der Waals surface area contributed by atoms with Crippen molar-refractivity contribution in [3.63, 3.8) is 0 Å². The molecule has 0 N–H and O–H groups in total. The number of hydrogen-bond donors (Lipinski definition) is 0. The molecule has 2 aliphatic heterocycles. The van der Waals surface area contributed by atoms with Crippen LogP contribution in [0.4, 0.5) is 11.4 Å². The van der Waals surface area contributed by atoms with Crippen molar-refractivity contribution in [1.29, 1.82) is 0 Å². The van der Waals surface area contributed by atoms with Gasteiger partial charge in [0, 0.05) is 68.5 Å². The third kappa shape index (κ3) is 3.48. The molecule has 5 heteroatoms. The van der Waals surface area contributed by atoms with Crippen molar-refractivity contribution in [3.05, 3.63) is 42.1 Å². The van der Waals surface area contributed by atoms with E-state index < -0.39 is 0 Å². The molecule has 1 aromatic heterocycles. The minimum atomic E-state index is 0.814. The van der Waals surface area contributed by atoms with Gasteiger partial charge in [-0.1, -0.05) is 12.1 Å². The maximum absolute atomic E-state index is 5.44. The molecule has 0 spiro atoms. The number of benzene rings is 1. The van der Waals surface area contributed by atoms with Crippen LogP contribution in [0.25, 0.3) is 11.3 Å². The summed E-state index contributed by atoms with van der Waals surface area (Å²) in [5.41, 5.74) is 6.08. The van der Waals surface area contributed by atoms with Gasteiger partial charge in [0.15, 0.2) is 0 Å². The lowest BCUT2D eigenvalue weighted by atomic mass is 10.1. The number of rotatable bonds is 2. The first kappa shape index (κ1) is 16.4. The predicted octanol–water partition coefficient (Wildman–Crippen LogP) is 2.47. The van der Waals surface area contributed by atoms with Crippen molar-refractivity contribution in [2.75, 3.05) is 63.3 Å². The molecule has 0 aliphatic carbocycles. The van der Waals surface area contributed by atoms with E-state index in [4.69, 9.17) is 9.72 Å². The zero-order valence-corrected chi connectivity index (χ0v) is 15.1. The van der Waals surface area contributed by atoms with Crippen LogP contribution >= 0.6 is 0 Å². The van der Waals surface area contributed by atoms with Gasteiger partial charge >= 0.3 is 0 Å². The molecule has 0 amide bonds. The first-order chi connectivity index (χ1) is 12.2. The topological polar surface area (TPSA) is 31.8 Å². The summed E-state index contributed by atoms with van der Waals surface area (Å²) in [6, 6.07) is 11.0. The van der Waals surface area contributed by atoms with Crippen LogP contribution in [-0.4, -0.2) is 63.4 Å². The molecular formula is C20H26N4O. The third-order valence-corrected chi connectivity index (χ3v) is 5.17. The lowest BCUT2D eigenvalue weighted by Crippen LogP contribution is -2.36. The first-order valence-electron chi connectivity index (χ1n) is 9.02. The highest BCUT2D eigenvalue weighted by atomic mass is 16.5. The van der Waals surface area contributed by atoms with Crippen molar-refractivity contribution in [2.24, 2.45) is 0 Å². The molecule has 5 nitrogen and oxygen atoms in total. The average Bonchev–Trinajstić information content (AvgIpc) is 2.81. The van der Waals surface area contributed by atoms with Crippen LogP contribution in [0.5, 0.6) is 0 Å². The SMILES string of the molecule is CN1CCN(C)c2cc(-c3ccc(N4CCOCC4)cc3)ncc2C1. The summed E-state index contributed by atoms with van der Waals surface area (Å²) in [6.45, 7) is 6.65. The fourth-order valence-electron chi connectivity index (χ4n) is 3.58. The Morgan fingerprint density at radius 1 is 0.960 bits per heavy atom. The average molecular weight is 338 g/mol. The molecule has 2 aromatic rings. The Balaban J connectivity index is 1.59. The largest absolute Gasteiger partial charge is 0.378 e. The highest BCUT2D eigenvalue weighted by Crippen LogP contribution is 2.29. The molecule has 2 aliphatic rings. The van der Waals surface area contributed by atoms with Crippen molar-refractivity contribution in [3.8, 4) is 11.3 Å². The van der Waals surface area contributed by atoms with Crippen LogP contribution in [0.3, 0.4) is 0 Å². The summed E-state index contributed by atoms with van der Waals surface area (Å²) in [5, 5.41) is 0. The summed E-state index contributed by atoms with van der Waals surface area (Å²) < 4.78 is 5.44. The third-order valence-electron chi connectivity index (χ3n) is 5.17. The Hall–Kier alpha value is -2.11. The fourth-order valence-corrected chi connectivity index (χ4v) is 3.58. The Kier molecular flexibility index (Phi) is 4.59. The van der Waals surface area contributed by atoms with Crippen LogP contribution in [0.1, 0.15) is 5.56 Å². The van der Waals surface area contributed by atoms with Gasteiger partial charge in [0.1, 0.15) is 0 Å². The zero-order valence-electron chi connectivity index (χ0n) is 15.1. The van der Waals surface area contributed by atoms with Crippen molar-refractivity contribution in [1.82, 2.24) is 9.88 Å². The predicted molar refractivity (Wildman–Crippen MR) is 102 cm³/mol. The maximum atomic E-state index is 5.44. The summed E-state index contributed by atoms with van der Waals surface area (Å²) in [6.07, 6.45) is 2.04. The fraction of sp³-hybridized carbons (Fsp3) is 0.450. The van der Waals surface area contributed by atoms with Crippen LogP contribution in [0.15, 0.2) is 36.5 Å². The Bertz CT molecular complexity index is 725. The summed E-state index contributed by atoms with van der Waals surface area (Å²) in [7, 11) is 4.34. The van der Waals surface area contributed by atoms with E-state index in [1.165, 1.54) is 22.5 Å². The van der Waals surface area contributed by atoms with Gasteiger partial charge in [-0.2, -0.15) is 0 Å². The number of pyridine rings is 1. The Morgan fingerprint density at radius 2 is 1.72 bits per heavy atom. The second kappa shape index (κ2) is 7.02. The van der Waals surface area contributed by atoms with Gasteiger partial charge < -0.3 is 19.4 Å². The standard InChI is InChI=1S/C20H26N4O/c1-22-7-8-23(2)20-13-19(21-14-17(20)15-22)16-3-5-18(6-4-16)24-9-11-25-12-10-24/h3-6,13-14H,7-12,15H2,1-2H3. The molecule has 0 saturated carbocycles. The smallest absolute Gasteiger partial charge is 0.0722 e. The molecule has 1 saturated heterocycles. The first-order valence-corrected chi connectivity index (χ1v) is 9.02. The molecule has 0 atom stereocenters. The molecule has 25 heavy (non-hydrogen) atoms. The number of anilines is 2. The van der Waals surface area contributed by atoms with Gasteiger partial charge in [0.05, 0.1) is 18.9 Å². The normalized spacial score (nSPS) is 18.8. The van der Waals surface area contributed by atoms with Gasteiger partial charge in [0.25, 0.3) is 0 Å². The number of fused-ring (bicyclic) bond motifs is 1. The Morgan fingerprint density at radius 3 is 2.48 bits per heavy atom. The number of morpholine rings is 1. The van der Waals surface area contributed by atoms with Crippen LogP contribution in [0, 0.1) is 0 Å². The summed E-state index contributed by atoms with van der Waals surface area (Å²) in [4.78, 5) is 11.8. The van der Waals surface area contributed by atoms with E-state index in [0.717, 1.165) is 51.6 Å². The second-order valence-corrected chi connectivity index (χ2v) is 7.00. The van der Waals surface area contributed by atoms with E-state index in [-0.39, 0.29) is 0 Å². The highest BCUT2D eigenvalue weighted by Gasteiger charge is 2.17. The van der Waals surface area contributed by atoms with E-state index in [2.05, 4.69) is 59.1 Å². The molecule has 0 bridgehead atoms. The van der Waals surface area contributed by atoms with Gasteiger partial charge in [0.2, 0.25) is 0 Å². The van der Waals surface area contributed by atoms with Gasteiger partial charge in [-0.15, -0.1) is 0 Å². The lowest BCUT2D eigenvalue weighted by Gasteiger charge is -2.28. The molecule has 132 valence electrons. The number of nitrogens with zero attached hydrogens (tertiary/aromatic N) is 4. The highest BCUT2D eigenvalue weighted by molar-refractivity contribution is 5.68. The van der Waals surface area contributed by atoms with Crippen LogP contribution < -0.4 is 9.80 Å². The number of likely N-dealkylation sites (N-methyl/N-ethyl adjacent to an activating group) is 2. The molecule has 3 heterocycles. The molecule has 1 aromatic carbocycles. The molecule has 0 unspecified atom stereocenters. The maximum Gasteiger partial charge on any atom is 0.0722 e. The van der Waals surface area contributed by atoms with Crippen molar-refractivity contribution < 1.29 is 4.74 Å². The minimum absolute atomic E-state index is 0.814. The molecular weight excluding hydrogens is 312 g/mol. The number of hydrogen-bond acceptors (Lipinski definition) is 5. The van der Waals surface area contributed by atoms with Gasteiger partial charge in [-0.3, -0.25) is 4.98 Å². The molecule has 0 radical (unpaired) electrons. The molecule has 4 rings (SSSR count). The number of ether oxygens (including phenoxy) is 1. The minimum Gasteiger partial charge on any atom is -0.378 e. The van der Waals surface area contributed by atoms with E-state index >= 15 is 0 Å². The van der Waals surface area contributed by atoms with Crippen molar-refractivity contribution in [2.45, 2.75) is 6.54 Å². The van der Waals surface area contributed by atoms with E-state index in [1.54, 1.807) is 0 Å². The lowest BCUT2D eigenvalue weighted by molar-refractivity contribution is 0.122. The summed E-state index contributed by atoms with van der Waals surface area (Å²) >= 11 is 0. The monoisotopic (exact) mass is 338 g/mol.